The number of para-hydroxylation sites is 1. The molecule has 184 valence electrons. The number of aryl methyl sites for hydroxylation is 1. The summed E-state index contributed by atoms with van der Waals surface area (Å²) in [5, 5.41) is 12.6. The summed E-state index contributed by atoms with van der Waals surface area (Å²) in [5.74, 6) is -1.01. The average Bonchev–Trinajstić information content (AvgIpc) is 3.57. The lowest BCUT2D eigenvalue weighted by Gasteiger charge is -2.15. The molecular formula is C27H23F2N3O4. The monoisotopic (exact) mass is 491 g/mol. The van der Waals surface area contributed by atoms with Crippen LogP contribution in [0.5, 0.6) is 11.5 Å². The SMILES string of the molecule is CCc1nc2ccc(F)c(F)c2n1-c1cccc2c1OC[C@H]2Nc1ccc2c(c1)OC[C@H]2CC(=O)O. The molecule has 0 spiro atoms. The Hall–Kier alpha value is -4.14. The van der Waals surface area contributed by atoms with E-state index in [9.17, 15) is 13.6 Å². The molecule has 2 aliphatic heterocycles. The molecule has 1 aromatic heterocycles. The smallest absolute Gasteiger partial charge is 0.304 e. The first-order valence-electron chi connectivity index (χ1n) is 11.8. The maximum atomic E-state index is 14.9. The van der Waals surface area contributed by atoms with Crippen LogP contribution in [0.4, 0.5) is 14.5 Å². The summed E-state index contributed by atoms with van der Waals surface area (Å²) < 4.78 is 42.5. The molecule has 0 aliphatic carbocycles. The molecule has 0 fully saturated rings. The first kappa shape index (κ1) is 22.3. The maximum Gasteiger partial charge on any atom is 0.304 e. The van der Waals surface area contributed by atoms with E-state index in [-0.39, 0.29) is 23.9 Å². The fourth-order valence-electron chi connectivity index (χ4n) is 5.12. The van der Waals surface area contributed by atoms with Gasteiger partial charge in [0, 0.05) is 35.2 Å². The highest BCUT2D eigenvalue weighted by Crippen LogP contribution is 2.43. The Morgan fingerprint density at radius 1 is 1.14 bits per heavy atom. The molecule has 0 amide bonds. The minimum absolute atomic E-state index is 0.0273. The number of anilines is 1. The van der Waals surface area contributed by atoms with Crippen molar-refractivity contribution >= 4 is 22.7 Å². The van der Waals surface area contributed by atoms with E-state index in [0.29, 0.717) is 48.2 Å². The van der Waals surface area contributed by atoms with Crippen molar-refractivity contribution < 1.29 is 28.2 Å². The Labute approximate surface area is 205 Å². The van der Waals surface area contributed by atoms with E-state index in [1.54, 1.807) is 4.57 Å². The van der Waals surface area contributed by atoms with Gasteiger partial charge in [0.25, 0.3) is 0 Å². The molecule has 0 saturated carbocycles. The number of hydrogen-bond donors (Lipinski definition) is 2. The first-order valence-corrected chi connectivity index (χ1v) is 11.8. The number of benzene rings is 3. The van der Waals surface area contributed by atoms with Crippen LogP contribution in [0.2, 0.25) is 0 Å². The number of fused-ring (bicyclic) bond motifs is 3. The molecule has 7 nitrogen and oxygen atoms in total. The maximum absolute atomic E-state index is 14.9. The van der Waals surface area contributed by atoms with Gasteiger partial charge in [0.05, 0.1) is 30.3 Å². The highest BCUT2D eigenvalue weighted by molar-refractivity contribution is 5.80. The fraction of sp³-hybridized carbons (Fsp3) is 0.259. The lowest BCUT2D eigenvalue weighted by Crippen LogP contribution is -2.11. The van der Waals surface area contributed by atoms with E-state index in [2.05, 4.69) is 10.3 Å². The van der Waals surface area contributed by atoms with E-state index in [0.717, 1.165) is 22.9 Å². The van der Waals surface area contributed by atoms with Crippen LogP contribution in [0.25, 0.3) is 16.7 Å². The van der Waals surface area contributed by atoms with Gasteiger partial charge in [-0.25, -0.2) is 13.8 Å². The molecule has 3 heterocycles. The molecule has 3 aromatic carbocycles. The topological polar surface area (TPSA) is 85.6 Å². The summed E-state index contributed by atoms with van der Waals surface area (Å²) in [6.45, 7) is 2.60. The molecule has 4 aromatic rings. The van der Waals surface area contributed by atoms with E-state index >= 15 is 0 Å². The van der Waals surface area contributed by atoms with Crippen LogP contribution < -0.4 is 14.8 Å². The van der Waals surface area contributed by atoms with Gasteiger partial charge in [0.2, 0.25) is 0 Å². The number of halogens is 2. The zero-order chi connectivity index (χ0) is 25.0. The number of carbonyl (C=O) groups is 1. The highest BCUT2D eigenvalue weighted by atomic mass is 19.2. The first-order chi connectivity index (χ1) is 17.4. The third-order valence-corrected chi connectivity index (χ3v) is 6.79. The van der Waals surface area contributed by atoms with Crippen LogP contribution in [0.15, 0.2) is 48.5 Å². The summed E-state index contributed by atoms with van der Waals surface area (Å²) in [5.41, 5.74) is 3.67. The second-order valence-corrected chi connectivity index (χ2v) is 9.01. The number of nitrogens with zero attached hydrogens (tertiary/aromatic N) is 2. The van der Waals surface area contributed by atoms with Gasteiger partial charge < -0.3 is 19.9 Å². The third kappa shape index (κ3) is 3.54. The number of hydrogen-bond acceptors (Lipinski definition) is 5. The zero-order valence-corrected chi connectivity index (χ0v) is 19.4. The predicted molar refractivity (Wildman–Crippen MR) is 129 cm³/mol. The van der Waals surface area contributed by atoms with Gasteiger partial charge in [-0.15, -0.1) is 0 Å². The van der Waals surface area contributed by atoms with Crippen LogP contribution in [-0.4, -0.2) is 33.8 Å². The van der Waals surface area contributed by atoms with E-state index in [1.807, 2.05) is 43.3 Å². The van der Waals surface area contributed by atoms with Crippen LogP contribution in [0.3, 0.4) is 0 Å². The number of carboxylic acids is 1. The zero-order valence-electron chi connectivity index (χ0n) is 19.4. The normalized spacial score (nSPS) is 18.0. The molecule has 9 heteroatoms. The van der Waals surface area contributed by atoms with Crippen molar-refractivity contribution in [1.82, 2.24) is 9.55 Å². The molecule has 0 saturated heterocycles. The van der Waals surface area contributed by atoms with Crippen molar-refractivity contribution in [1.29, 1.82) is 0 Å². The summed E-state index contributed by atoms with van der Waals surface area (Å²) in [6.07, 6.45) is 0.554. The van der Waals surface area contributed by atoms with Gasteiger partial charge in [0.15, 0.2) is 11.6 Å². The predicted octanol–water partition coefficient (Wildman–Crippen LogP) is 5.36. The van der Waals surface area contributed by atoms with Crippen molar-refractivity contribution in [2.45, 2.75) is 31.7 Å². The second kappa shape index (κ2) is 8.51. The molecule has 2 N–H and O–H groups in total. The number of carboxylic acid groups (broad SMARTS) is 1. The van der Waals surface area contributed by atoms with Crippen molar-refractivity contribution in [3.8, 4) is 17.2 Å². The Bertz CT molecular complexity index is 1520. The average molecular weight is 491 g/mol. The molecule has 0 unspecified atom stereocenters. The largest absolute Gasteiger partial charge is 0.493 e. The van der Waals surface area contributed by atoms with E-state index in [4.69, 9.17) is 14.6 Å². The number of rotatable bonds is 6. The summed E-state index contributed by atoms with van der Waals surface area (Å²) >= 11 is 0. The molecule has 2 aliphatic rings. The molecule has 0 radical (unpaired) electrons. The van der Waals surface area contributed by atoms with Gasteiger partial charge in [-0.1, -0.05) is 25.1 Å². The number of imidazole rings is 1. The van der Waals surface area contributed by atoms with Crippen molar-refractivity contribution in [2.24, 2.45) is 0 Å². The molecular weight excluding hydrogens is 468 g/mol. The van der Waals surface area contributed by atoms with Crippen molar-refractivity contribution in [2.75, 3.05) is 18.5 Å². The van der Waals surface area contributed by atoms with Crippen LogP contribution in [0.1, 0.15) is 42.3 Å². The number of nitrogens with one attached hydrogen (secondary N) is 1. The Balaban J connectivity index is 1.35. The van der Waals surface area contributed by atoms with Gasteiger partial charge in [0.1, 0.15) is 29.4 Å². The minimum atomic E-state index is -0.940. The summed E-state index contributed by atoms with van der Waals surface area (Å²) in [4.78, 5) is 15.6. The van der Waals surface area contributed by atoms with E-state index in [1.165, 1.54) is 6.07 Å². The van der Waals surface area contributed by atoms with Crippen molar-refractivity contribution in [3.63, 3.8) is 0 Å². The number of aliphatic carboxylic acids is 1. The Morgan fingerprint density at radius 3 is 2.81 bits per heavy atom. The highest BCUT2D eigenvalue weighted by Gasteiger charge is 2.31. The molecule has 6 rings (SSSR count). The number of ether oxygens (including phenoxy) is 2. The minimum Gasteiger partial charge on any atom is -0.493 e. The lowest BCUT2D eigenvalue weighted by molar-refractivity contribution is -0.137. The second-order valence-electron chi connectivity index (χ2n) is 9.01. The number of aromatic nitrogens is 2. The quantitative estimate of drug-likeness (QED) is 0.378. The fourth-order valence-corrected chi connectivity index (χ4v) is 5.12. The van der Waals surface area contributed by atoms with Gasteiger partial charge in [-0.05, 0) is 24.3 Å². The molecule has 36 heavy (non-hydrogen) atoms. The Kier molecular flexibility index (Phi) is 5.28. The van der Waals surface area contributed by atoms with Crippen LogP contribution in [0, 0.1) is 11.6 Å². The molecule has 0 bridgehead atoms. The Morgan fingerprint density at radius 2 is 2.00 bits per heavy atom. The van der Waals surface area contributed by atoms with Crippen LogP contribution in [-0.2, 0) is 11.2 Å². The van der Waals surface area contributed by atoms with Gasteiger partial charge in [-0.2, -0.15) is 0 Å². The van der Waals surface area contributed by atoms with Gasteiger partial charge >= 0.3 is 5.97 Å². The summed E-state index contributed by atoms with van der Waals surface area (Å²) in [7, 11) is 0. The van der Waals surface area contributed by atoms with E-state index < -0.39 is 17.6 Å². The third-order valence-electron chi connectivity index (χ3n) is 6.79. The van der Waals surface area contributed by atoms with Gasteiger partial charge in [-0.3, -0.25) is 9.36 Å². The van der Waals surface area contributed by atoms with Crippen LogP contribution >= 0.6 is 0 Å². The standard InChI is InChI=1S/C27H23F2N3O4/c1-2-23-31-19-9-8-18(28)25(29)26(19)32(23)21-5-3-4-17-20(13-36-27(17)21)30-15-6-7-16-14(10-24(33)34)12-35-22(16)11-15/h3-9,11,14,20,30H,2,10,12-13H2,1H3,(H,33,34)/t14-,20-/m1/s1. The molecule has 2 atom stereocenters. The lowest BCUT2D eigenvalue weighted by atomic mass is 9.97. The van der Waals surface area contributed by atoms with Crippen molar-refractivity contribution in [3.05, 3.63) is 77.1 Å². The summed E-state index contributed by atoms with van der Waals surface area (Å²) in [6, 6.07) is 13.7.